The Kier molecular flexibility index (Phi) is 10.5. The van der Waals surface area contributed by atoms with Crippen LogP contribution in [0.3, 0.4) is 0 Å². The van der Waals surface area contributed by atoms with Gasteiger partial charge < -0.3 is 15.4 Å². The highest BCUT2D eigenvalue weighted by Crippen LogP contribution is 2.26. The highest BCUT2D eigenvalue weighted by atomic mass is 127. The van der Waals surface area contributed by atoms with E-state index in [4.69, 9.17) is 0 Å². The maximum Gasteiger partial charge on any atom is 0.573 e. The van der Waals surface area contributed by atoms with E-state index >= 15 is 0 Å². The molecule has 0 atom stereocenters. The first kappa shape index (κ1) is 27.0. The minimum Gasteiger partial charge on any atom is -0.405 e. The maximum atomic E-state index is 12.6. The number of alkyl halides is 3. The van der Waals surface area contributed by atoms with Crippen LogP contribution in [0.5, 0.6) is 5.75 Å². The molecule has 0 saturated heterocycles. The van der Waals surface area contributed by atoms with E-state index in [0.717, 1.165) is 5.56 Å². The van der Waals surface area contributed by atoms with Gasteiger partial charge in [-0.3, -0.25) is 0 Å². The van der Waals surface area contributed by atoms with Crippen LogP contribution in [-0.4, -0.2) is 34.3 Å². The van der Waals surface area contributed by atoms with Gasteiger partial charge in [-0.15, -0.1) is 37.1 Å². The van der Waals surface area contributed by atoms with Gasteiger partial charge in [0.15, 0.2) is 5.96 Å². The fourth-order valence-corrected chi connectivity index (χ4v) is 3.19. The fourth-order valence-electron chi connectivity index (χ4n) is 2.46. The van der Waals surface area contributed by atoms with Crippen molar-refractivity contribution in [3.63, 3.8) is 0 Å². The largest absolute Gasteiger partial charge is 0.573 e. The minimum absolute atomic E-state index is 0. The van der Waals surface area contributed by atoms with Crippen LogP contribution in [0.1, 0.15) is 18.1 Å². The van der Waals surface area contributed by atoms with Gasteiger partial charge in [0, 0.05) is 18.7 Å². The van der Waals surface area contributed by atoms with Crippen LogP contribution >= 0.6 is 24.0 Å². The van der Waals surface area contributed by atoms with Gasteiger partial charge in [-0.25, -0.2) is 18.1 Å². The number of guanidine groups is 1. The van der Waals surface area contributed by atoms with Gasteiger partial charge >= 0.3 is 6.36 Å². The number of hydrogen-bond acceptors (Lipinski definition) is 4. The summed E-state index contributed by atoms with van der Waals surface area (Å²) in [6.45, 7) is 2.72. The smallest absolute Gasteiger partial charge is 0.405 e. The Morgan fingerprint density at radius 1 is 1.06 bits per heavy atom. The van der Waals surface area contributed by atoms with Crippen molar-refractivity contribution in [2.75, 3.05) is 13.6 Å². The third-order valence-electron chi connectivity index (χ3n) is 3.91. The Hall–Kier alpha value is -2.06. The molecule has 0 heterocycles. The Morgan fingerprint density at radius 2 is 1.71 bits per heavy atom. The molecule has 0 amide bonds. The first-order valence-corrected chi connectivity index (χ1v) is 10.5. The maximum absolute atomic E-state index is 12.6. The molecule has 3 N–H and O–H groups in total. The number of sulfonamides is 1. The van der Waals surface area contributed by atoms with Crippen molar-refractivity contribution in [1.82, 2.24) is 15.4 Å². The summed E-state index contributed by atoms with van der Waals surface area (Å²) >= 11 is 0. The molecular formula is C19H24F3IN4O3S. The molecule has 0 bridgehead atoms. The molecule has 172 valence electrons. The molecule has 7 nitrogen and oxygen atoms in total. The quantitative estimate of drug-likeness (QED) is 0.257. The number of nitrogens with zero attached hydrogens (tertiary/aromatic N) is 1. The van der Waals surface area contributed by atoms with Gasteiger partial charge in [-0.2, -0.15) is 0 Å². The van der Waals surface area contributed by atoms with Gasteiger partial charge in [0.25, 0.3) is 0 Å². The third kappa shape index (κ3) is 8.91. The summed E-state index contributed by atoms with van der Waals surface area (Å²) < 4.78 is 67.5. The van der Waals surface area contributed by atoms with Gasteiger partial charge in [-0.05, 0) is 37.7 Å². The van der Waals surface area contributed by atoms with E-state index in [1.165, 1.54) is 37.4 Å². The van der Waals surface area contributed by atoms with Gasteiger partial charge in [0.1, 0.15) is 5.75 Å². The summed E-state index contributed by atoms with van der Waals surface area (Å²) in [4.78, 5) is 4.52. The van der Waals surface area contributed by atoms with Gasteiger partial charge in [-0.1, -0.05) is 30.3 Å². The van der Waals surface area contributed by atoms with Crippen LogP contribution in [0.4, 0.5) is 13.2 Å². The van der Waals surface area contributed by atoms with Crippen molar-refractivity contribution in [1.29, 1.82) is 0 Å². The molecule has 0 radical (unpaired) electrons. The zero-order chi connectivity index (χ0) is 22.2. The lowest BCUT2D eigenvalue weighted by Gasteiger charge is -2.15. The topological polar surface area (TPSA) is 91.8 Å². The third-order valence-corrected chi connectivity index (χ3v) is 5.34. The Balaban J connectivity index is 0.00000480. The highest BCUT2D eigenvalue weighted by molar-refractivity contribution is 14.0. The molecule has 2 aromatic carbocycles. The van der Waals surface area contributed by atoms with Crippen molar-refractivity contribution in [3.8, 4) is 5.75 Å². The SMILES string of the molecule is CCNC(=NCc1ccc(S(=O)(=O)NC)cc1)NCc1ccccc1OC(F)(F)F.I. The van der Waals surface area contributed by atoms with E-state index < -0.39 is 16.4 Å². The molecule has 12 heteroatoms. The highest BCUT2D eigenvalue weighted by Gasteiger charge is 2.31. The molecule has 0 saturated carbocycles. The summed E-state index contributed by atoms with van der Waals surface area (Å²) in [5.74, 6) is 0.112. The van der Waals surface area contributed by atoms with E-state index in [1.807, 2.05) is 6.92 Å². The van der Waals surface area contributed by atoms with Crippen LogP contribution < -0.4 is 20.1 Å². The molecular weight excluding hydrogens is 548 g/mol. The Labute approximate surface area is 196 Å². The lowest BCUT2D eigenvalue weighted by molar-refractivity contribution is -0.274. The molecule has 2 rings (SSSR count). The number of para-hydroxylation sites is 1. The average molecular weight is 572 g/mol. The lowest BCUT2D eigenvalue weighted by atomic mass is 10.2. The summed E-state index contributed by atoms with van der Waals surface area (Å²) in [5, 5.41) is 5.97. The van der Waals surface area contributed by atoms with Crippen molar-refractivity contribution < 1.29 is 26.3 Å². The monoisotopic (exact) mass is 572 g/mol. The zero-order valence-electron chi connectivity index (χ0n) is 16.9. The molecule has 0 aliphatic carbocycles. The van der Waals surface area contributed by atoms with Crippen LogP contribution in [0.25, 0.3) is 0 Å². The summed E-state index contributed by atoms with van der Waals surface area (Å²) in [5.41, 5.74) is 1.09. The normalized spacial score (nSPS) is 12.1. The average Bonchev–Trinajstić information content (AvgIpc) is 2.70. The summed E-state index contributed by atoms with van der Waals surface area (Å²) in [7, 11) is -2.18. The first-order valence-electron chi connectivity index (χ1n) is 9.03. The van der Waals surface area contributed by atoms with Crippen LogP contribution in [-0.2, 0) is 23.1 Å². The van der Waals surface area contributed by atoms with Gasteiger partial charge in [0.2, 0.25) is 10.0 Å². The fraction of sp³-hybridized carbons (Fsp3) is 0.316. The van der Waals surface area contributed by atoms with Crippen LogP contribution in [0, 0.1) is 0 Å². The van der Waals surface area contributed by atoms with Crippen molar-refractivity contribution >= 4 is 40.0 Å². The second-order valence-corrected chi connectivity index (χ2v) is 7.94. The zero-order valence-corrected chi connectivity index (χ0v) is 20.0. The van der Waals surface area contributed by atoms with Crippen molar-refractivity contribution in [2.24, 2.45) is 4.99 Å². The summed E-state index contributed by atoms with van der Waals surface area (Å²) in [6.07, 6.45) is -4.78. The number of rotatable bonds is 8. The van der Waals surface area contributed by atoms with E-state index in [9.17, 15) is 21.6 Å². The van der Waals surface area contributed by atoms with Crippen molar-refractivity contribution in [3.05, 3.63) is 59.7 Å². The Morgan fingerprint density at radius 3 is 2.29 bits per heavy atom. The van der Waals surface area contributed by atoms with Crippen LogP contribution in [0.15, 0.2) is 58.4 Å². The standard InChI is InChI=1S/C19H23F3N4O3S.HI/c1-3-24-18(25-12-14-8-10-16(11-9-14)30(27,28)23-2)26-13-15-6-4-5-7-17(15)29-19(20,21)22;/h4-11,23H,3,12-13H2,1-2H3,(H2,24,25,26);1H. The molecule has 0 aliphatic rings. The summed E-state index contributed by atoms with van der Waals surface area (Å²) in [6, 6.07) is 12.1. The Bertz CT molecular complexity index is 968. The van der Waals surface area contributed by atoms with E-state index in [-0.39, 0.29) is 47.7 Å². The van der Waals surface area contributed by atoms with E-state index in [1.54, 1.807) is 18.2 Å². The molecule has 0 fully saturated rings. The number of nitrogens with one attached hydrogen (secondary N) is 3. The molecule has 0 aliphatic heterocycles. The number of halogens is 4. The van der Waals surface area contributed by atoms with Gasteiger partial charge in [0.05, 0.1) is 11.4 Å². The number of hydrogen-bond donors (Lipinski definition) is 3. The second-order valence-electron chi connectivity index (χ2n) is 6.06. The molecule has 31 heavy (non-hydrogen) atoms. The predicted octanol–water partition coefficient (Wildman–Crippen LogP) is 3.37. The first-order chi connectivity index (χ1) is 14.1. The minimum atomic E-state index is -4.78. The van der Waals surface area contributed by atoms with Crippen molar-refractivity contribution in [2.45, 2.75) is 31.3 Å². The molecule has 0 unspecified atom stereocenters. The molecule has 0 aromatic heterocycles. The number of benzene rings is 2. The van der Waals surface area contributed by atoms with Crippen LogP contribution in [0.2, 0.25) is 0 Å². The van der Waals surface area contributed by atoms with E-state index in [2.05, 4.69) is 25.1 Å². The lowest BCUT2D eigenvalue weighted by Crippen LogP contribution is -2.37. The predicted molar refractivity (Wildman–Crippen MR) is 123 cm³/mol. The number of aliphatic imine (C=N–C) groups is 1. The van der Waals surface area contributed by atoms with E-state index in [0.29, 0.717) is 18.1 Å². The second kappa shape index (κ2) is 12.1. The molecule has 0 spiro atoms. The molecule has 2 aromatic rings. The number of ether oxygens (including phenoxy) is 1.